The average Bonchev–Trinajstić information content (AvgIpc) is 3.07. The van der Waals surface area contributed by atoms with Crippen LogP contribution in [0.5, 0.6) is 11.5 Å². The van der Waals surface area contributed by atoms with Gasteiger partial charge in [-0.05, 0) is 94.5 Å². The highest BCUT2D eigenvalue weighted by Gasteiger charge is 2.23. The lowest BCUT2D eigenvalue weighted by atomic mass is 9.87. The fourth-order valence-electron chi connectivity index (χ4n) is 7.48. The second-order valence-electron chi connectivity index (χ2n) is 11.6. The van der Waals surface area contributed by atoms with Crippen molar-refractivity contribution < 1.29 is 4.74 Å². The maximum absolute atomic E-state index is 6.60. The van der Waals surface area contributed by atoms with Gasteiger partial charge in [0.15, 0.2) is 0 Å². The van der Waals surface area contributed by atoms with Gasteiger partial charge in [0, 0.05) is 10.9 Å². The molecule has 0 fully saturated rings. The predicted octanol–water partition coefficient (Wildman–Crippen LogP) is 12.0. The first kappa shape index (κ1) is 23.0. The van der Waals surface area contributed by atoms with Crippen LogP contribution in [0.15, 0.2) is 146 Å². The Labute approximate surface area is 248 Å². The standard InChI is InChI=1S/C42H24O/c1-2-10-30-25(6-1)7-4-11-32(30)33-21-23-39-42-34(33)12-5-13-35(42)37-24-29(18-22-38(37)43-39)31-19-16-28-15-14-26-8-3-9-27-17-20-36(31)41(28)40(26)27/h1-24H. The van der Waals surface area contributed by atoms with Crippen molar-refractivity contribution in [1.82, 2.24) is 0 Å². The van der Waals surface area contributed by atoms with E-state index < -0.39 is 0 Å². The Hall–Kier alpha value is -5.66. The summed E-state index contributed by atoms with van der Waals surface area (Å²) in [7, 11) is 0. The highest BCUT2D eigenvalue weighted by Crippen LogP contribution is 2.50. The van der Waals surface area contributed by atoms with Crippen LogP contribution in [0.25, 0.3) is 87.2 Å². The second kappa shape index (κ2) is 8.44. The van der Waals surface area contributed by atoms with Crippen molar-refractivity contribution in [2.45, 2.75) is 0 Å². The second-order valence-corrected chi connectivity index (χ2v) is 11.6. The summed E-state index contributed by atoms with van der Waals surface area (Å²) < 4.78 is 6.60. The molecule has 0 bridgehead atoms. The Kier molecular flexibility index (Phi) is 4.51. The van der Waals surface area contributed by atoms with Crippen LogP contribution < -0.4 is 4.74 Å². The minimum Gasteiger partial charge on any atom is -0.456 e. The van der Waals surface area contributed by atoms with E-state index in [1.165, 1.54) is 81.7 Å². The Morgan fingerprint density at radius 2 is 0.907 bits per heavy atom. The molecular weight excluding hydrogens is 520 g/mol. The van der Waals surface area contributed by atoms with Crippen LogP contribution in [0.3, 0.4) is 0 Å². The van der Waals surface area contributed by atoms with Crippen molar-refractivity contribution in [3.63, 3.8) is 0 Å². The van der Waals surface area contributed by atoms with E-state index in [2.05, 4.69) is 146 Å². The van der Waals surface area contributed by atoms with E-state index in [-0.39, 0.29) is 0 Å². The van der Waals surface area contributed by atoms with Gasteiger partial charge in [-0.15, -0.1) is 0 Å². The summed E-state index contributed by atoms with van der Waals surface area (Å²) in [6.45, 7) is 0. The number of hydrogen-bond donors (Lipinski definition) is 0. The third-order valence-corrected chi connectivity index (χ3v) is 9.41. The number of rotatable bonds is 2. The molecule has 10 rings (SSSR count). The Balaban J connectivity index is 1.20. The molecule has 0 amide bonds. The zero-order valence-electron chi connectivity index (χ0n) is 23.3. The molecule has 198 valence electrons. The minimum atomic E-state index is 0.902. The summed E-state index contributed by atoms with van der Waals surface area (Å²) in [4.78, 5) is 0. The van der Waals surface area contributed by atoms with Crippen LogP contribution in [-0.4, -0.2) is 0 Å². The predicted molar refractivity (Wildman–Crippen MR) is 182 cm³/mol. The van der Waals surface area contributed by atoms with Crippen LogP contribution in [0.4, 0.5) is 0 Å². The molecule has 0 aromatic heterocycles. The highest BCUT2D eigenvalue weighted by atomic mass is 16.5. The van der Waals surface area contributed by atoms with E-state index in [1.807, 2.05) is 0 Å². The summed E-state index contributed by atoms with van der Waals surface area (Å²) in [6.07, 6.45) is 0. The maximum Gasteiger partial charge on any atom is 0.135 e. The average molecular weight is 545 g/mol. The SMILES string of the molecule is c1ccc2c(-c3ccc4c5c(cccc35)-c3cc(-c5ccc6ccc7cccc8ccc5c6c78)ccc3O4)cccc2c1. The summed E-state index contributed by atoms with van der Waals surface area (Å²) in [5.41, 5.74) is 7.27. The van der Waals surface area contributed by atoms with Crippen LogP contribution >= 0.6 is 0 Å². The van der Waals surface area contributed by atoms with Gasteiger partial charge in [0.05, 0.1) is 0 Å². The van der Waals surface area contributed by atoms with Crippen LogP contribution in [0.1, 0.15) is 0 Å². The largest absolute Gasteiger partial charge is 0.456 e. The molecule has 0 saturated heterocycles. The minimum absolute atomic E-state index is 0.902. The Morgan fingerprint density at radius 3 is 1.84 bits per heavy atom. The quantitative estimate of drug-likeness (QED) is 0.197. The third-order valence-electron chi connectivity index (χ3n) is 9.41. The topological polar surface area (TPSA) is 9.23 Å². The van der Waals surface area contributed by atoms with Crippen molar-refractivity contribution in [3.8, 4) is 44.9 Å². The molecule has 1 heteroatoms. The van der Waals surface area contributed by atoms with E-state index in [4.69, 9.17) is 4.74 Å². The molecule has 1 aliphatic rings. The summed E-state index contributed by atoms with van der Waals surface area (Å²) >= 11 is 0. The molecule has 0 spiro atoms. The van der Waals surface area contributed by atoms with Crippen LogP contribution in [-0.2, 0) is 0 Å². The first-order chi connectivity index (χ1) is 21.3. The number of benzene rings is 9. The van der Waals surface area contributed by atoms with Gasteiger partial charge in [-0.2, -0.15) is 0 Å². The van der Waals surface area contributed by atoms with Gasteiger partial charge in [-0.25, -0.2) is 0 Å². The highest BCUT2D eigenvalue weighted by molar-refractivity contribution is 6.25. The molecular formula is C42H24O. The molecule has 0 radical (unpaired) electrons. The molecule has 1 nitrogen and oxygen atoms in total. The smallest absolute Gasteiger partial charge is 0.135 e. The normalized spacial score (nSPS) is 12.4. The zero-order valence-corrected chi connectivity index (χ0v) is 23.3. The van der Waals surface area contributed by atoms with E-state index >= 15 is 0 Å². The van der Waals surface area contributed by atoms with Gasteiger partial charge in [0.2, 0.25) is 0 Å². The molecule has 0 atom stereocenters. The third kappa shape index (κ3) is 3.17. The van der Waals surface area contributed by atoms with Gasteiger partial charge >= 0.3 is 0 Å². The summed E-state index contributed by atoms with van der Waals surface area (Å²) in [6, 6.07) is 53.1. The van der Waals surface area contributed by atoms with E-state index in [0.717, 1.165) is 17.1 Å². The monoisotopic (exact) mass is 544 g/mol. The first-order valence-electron chi connectivity index (χ1n) is 14.8. The molecule has 9 aromatic carbocycles. The lowest BCUT2D eigenvalue weighted by molar-refractivity contribution is 0.487. The number of ether oxygens (including phenoxy) is 1. The van der Waals surface area contributed by atoms with Crippen molar-refractivity contribution in [2.24, 2.45) is 0 Å². The fourth-order valence-corrected chi connectivity index (χ4v) is 7.48. The van der Waals surface area contributed by atoms with Gasteiger partial charge < -0.3 is 4.74 Å². The van der Waals surface area contributed by atoms with Gasteiger partial charge in [0.25, 0.3) is 0 Å². The van der Waals surface area contributed by atoms with E-state index in [9.17, 15) is 0 Å². The van der Waals surface area contributed by atoms with E-state index in [0.29, 0.717) is 0 Å². The zero-order chi connectivity index (χ0) is 28.1. The van der Waals surface area contributed by atoms with Gasteiger partial charge in [-0.3, -0.25) is 0 Å². The van der Waals surface area contributed by atoms with Gasteiger partial charge in [0.1, 0.15) is 11.5 Å². The lowest BCUT2D eigenvalue weighted by Gasteiger charge is -2.24. The van der Waals surface area contributed by atoms with Crippen molar-refractivity contribution in [1.29, 1.82) is 0 Å². The molecule has 0 saturated carbocycles. The van der Waals surface area contributed by atoms with Crippen LogP contribution in [0, 0.1) is 0 Å². The molecule has 1 heterocycles. The van der Waals surface area contributed by atoms with Crippen molar-refractivity contribution in [3.05, 3.63) is 146 Å². The van der Waals surface area contributed by atoms with E-state index in [1.54, 1.807) is 0 Å². The summed E-state index contributed by atoms with van der Waals surface area (Å²) in [5.74, 6) is 1.82. The molecule has 9 aromatic rings. The van der Waals surface area contributed by atoms with Crippen LogP contribution in [0.2, 0.25) is 0 Å². The van der Waals surface area contributed by atoms with Crippen molar-refractivity contribution >= 4 is 53.9 Å². The molecule has 0 aliphatic carbocycles. The number of fused-ring (bicyclic) bond motifs is 3. The van der Waals surface area contributed by atoms with Crippen molar-refractivity contribution in [2.75, 3.05) is 0 Å². The number of hydrogen-bond acceptors (Lipinski definition) is 1. The maximum atomic E-state index is 6.60. The Bertz CT molecular complexity index is 2570. The fraction of sp³-hybridized carbons (Fsp3) is 0. The van der Waals surface area contributed by atoms with Gasteiger partial charge in [-0.1, -0.05) is 127 Å². The lowest BCUT2D eigenvalue weighted by Crippen LogP contribution is -1.98. The summed E-state index contributed by atoms with van der Waals surface area (Å²) in [5, 5.41) is 12.7. The Morgan fingerprint density at radius 1 is 0.302 bits per heavy atom. The molecule has 0 N–H and O–H groups in total. The molecule has 1 aliphatic heterocycles. The molecule has 43 heavy (non-hydrogen) atoms. The molecule has 0 unspecified atom stereocenters. The first-order valence-corrected chi connectivity index (χ1v) is 14.8.